The summed E-state index contributed by atoms with van der Waals surface area (Å²) in [6, 6.07) is 11.9. The molecule has 2 unspecified atom stereocenters. The molecule has 2 atom stereocenters. The van der Waals surface area contributed by atoms with Crippen molar-refractivity contribution in [2.45, 2.75) is 69.3 Å². The van der Waals surface area contributed by atoms with Crippen LogP contribution >= 0.6 is 95.7 Å². The zero-order chi connectivity index (χ0) is 45.8. The number of nitrogens with two attached hydrogens (primary N) is 3. The summed E-state index contributed by atoms with van der Waals surface area (Å²) in [5, 5.41) is 6.65. The van der Waals surface area contributed by atoms with E-state index in [9.17, 15) is 18.9 Å². The van der Waals surface area contributed by atoms with Crippen LogP contribution in [-0.2, 0) is 18.2 Å². The maximum absolute atomic E-state index is 10.9. The highest BCUT2D eigenvalue weighted by atomic mass is 33.1. The molecule has 0 aliphatic carbocycles. The van der Waals surface area contributed by atoms with E-state index in [-0.39, 0.29) is 0 Å². The van der Waals surface area contributed by atoms with E-state index in [1.807, 2.05) is 73.5 Å². The molecule has 2 rings (SSSR count). The quantitative estimate of drug-likeness (QED) is 0.0114. The van der Waals surface area contributed by atoms with E-state index < -0.39 is 15.5 Å². The van der Waals surface area contributed by atoms with Gasteiger partial charge < -0.3 is 18.8 Å². The third-order valence-corrected chi connectivity index (χ3v) is 14.5. The van der Waals surface area contributed by atoms with Gasteiger partial charge in [-0.25, -0.2) is 9.97 Å². The number of aromatic nitrogens is 2. The second-order valence-electron chi connectivity index (χ2n) is 11.2. The van der Waals surface area contributed by atoms with Gasteiger partial charge in [0.2, 0.25) is 33.0 Å². The second kappa shape index (κ2) is 46.4. The molecule has 0 spiro atoms. The Labute approximate surface area is 390 Å². The number of rotatable bonds is 27. The number of pyridine rings is 2. The molecule has 0 bridgehead atoms. The zero-order valence-corrected chi connectivity index (χ0v) is 43.5. The first kappa shape index (κ1) is 63.7. The molecule has 11 N–H and O–H groups in total. The van der Waals surface area contributed by atoms with Crippen LogP contribution in [0.1, 0.15) is 59.3 Å². The van der Waals surface area contributed by atoms with Gasteiger partial charge in [-0.2, -0.15) is 25.3 Å². The number of thioether (sulfide) groups is 1. The molecule has 0 aliphatic rings. The normalized spacial score (nSPS) is 13.4. The summed E-state index contributed by atoms with van der Waals surface area (Å²) < 4.78 is 29.7. The van der Waals surface area contributed by atoms with Gasteiger partial charge in [0.05, 0.1) is 24.7 Å². The maximum atomic E-state index is 10.9. The maximum Gasteiger partial charge on any atom is 0.240 e. The molecule has 25 heteroatoms. The third kappa shape index (κ3) is 48.4. The fraction of sp³-hybridized carbons (Fsp3) is 0.629. The SMILES string of the molecule is CC[NH+]=C(N)CCCS.CC[NH+]=C(N)CCCSSCCNP(=O)([O-])OC.CC[NH+]=C(N)CCCSSc1ccccn1.COP(=O)([O-])NCCS.CSc1ccccn1. The molecule has 0 fully saturated rings. The van der Waals surface area contributed by atoms with Gasteiger partial charge in [-0.15, -0.1) is 11.8 Å². The fourth-order valence-electron chi connectivity index (χ4n) is 3.48. The number of thiol groups is 2. The van der Waals surface area contributed by atoms with Crippen LogP contribution in [0.2, 0.25) is 0 Å². The minimum absolute atomic E-state index is 0.303. The van der Waals surface area contributed by atoms with Crippen LogP contribution in [-0.4, -0.2) is 109 Å². The van der Waals surface area contributed by atoms with E-state index in [1.165, 1.54) is 0 Å². The molecule has 0 aliphatic heterocycles. The van der Waals surface area contributed by atoms with Gasteiger partial charge in [-0.1, -0.05) is 44.5 Å². The summed E-state index contributed by atoms with van der Waals surface area (Å²) in [6.45, 7) is 9.47. The van der Waals surface area contributed by atoms with Crippen molar-refractivity contribution in [3.05, 3.63) is 48.8 Å². The number of nitrogens with zero attached hydrogens (tertiary/aromatic N) is 2. The van der Waals surface area contributed by atoms with Crippen molar-refractivity contribution in [3.8, 4) is 0 Å². The predicted molar refractivity (Wildman–Crippen MR) is 266 cm³/mol. The lowest BCUT2D eigenvalue weighted by molar-refractivity contribution is -0.455. The monoisotopic (exact) mass is 1010 g/mol. The second-order valence-corrected chi connectivity index (χ2v) is 21.4. The van der Waals surface area contributed by atoms with Crippen molar-refractivity contribution in [3.63, 3.8) is 0 Å². The molecule has 348 valence electrons. The molecule has 0 aromatic carbocycles. The lowest BCUT2D eigenvalue weighted by Crippen LogP contribution is -2.74. The van der Waals surface area contributed by atoms with E-state index >= 15 is 0 Å². The van der Waals surface area contributed by atoms with Crippen molar-refractivity contribution < 1.29 is 42.9 Å². The molecule has 16 nitrogen and oxygen atoms in total. The average molecular weight is 1010 g/mol. The van der Waals surface area contributed by atoms with Crippen LogP contribution in [0.15, 0.2) is 58.8 Å². The molecule has 2 aromatic heterocycles. The first-order chi connectivity index (χ1) is 28.7. The highest BCUT2D eigenvalue weighted by molar-refractivity contribution is 8.77. The van der Waals surface area contributed by atoms with Gasteiger partial charge in [-0.3, -0.25) is 51.5 Å². The van der Waals surface area contributed by atoms with Crippen molar-refractivity contribution >= 4 is 113 Å². The number of amidine groups is 3. The summed E-state index contributed by atoms with van der Waals surface area (Å²) in [6.07, 6.45) is 11.6. The molecule has 2 heterocycles. The molecular weight excluding hydrogens is 943 g/mol. The first-order valence-corrected chi connectivity index (χ1v) is 29.5. The summed E-state index contributed by atoms with van der Waals surface area (Å²) in [4.78, 5) is 38.9. The average Bonchev–Trinajstić information content (AvgIpc) is 3.25. The van der Waals surface area contributed by atoms with Crippen LogP contribution in [0.25, 0.3) is 0 Å². The summed E-state index contributed by atoms with van der Waals surface area (Å²) in [5.74, 6) is 6.78. The standard InChI is InChI=1S/C11H17N3S2.C9H22N3O3PS2.C6H14N2S.C6H7NS.C3H10NO3PS/c1-2-13-10(12)6-5-9-15-16-11-7-3-4-8-14-11;1-3-11-9(10)5-4-7-17-18-8-6-12-16(13,14)15-2;1-2-8-6(7)4-3-5-9;1-8-6-4-2-3-5-7-6;1-7-8(5,6)4-2-3-9/h3-4,7-8H,2,5-6,9H2,1H3,(H2,12,13);3-8H2,1-2H3,(H2,10,11)(H2,12,13,14);9H,2-5H2,1H3,(H2,7,8);2-5H,1H3;9H,2-3H2,1H3,(H2,4,5,6)/p+1. The third-order valence-electron chi connectivity index (χ3n) is 6.26. The van der Waals surface area contributed by atoms with Crippen LogP contribution in [0.3, 0.4) is 0 Å². The van der Waals surface area contributed by atoms with Crippen molar-refractivity contribution in [2.24, 2.45) is 17.2 Å². The van der Waals surface area contributed by atoms with Crippen molar-refractivity contribution in [2.75, 3.05) is 82.0 Å². The van der Waals surface area contributed by atoms with Crippen LogP contribution in [0.4, 0.5) is 0 Å². The van der Waals surface area contributed by atoms with E-state index in [0.717, 1.165) is 117 Å². The van der Waals surface area contributed by atoms with Gasteiger partial charge in [0.25, 0.3) is 0 Å². The van der Waals surface area contributed by atoms with Crippen molar-refractivity contribution in [1.82, 2.24) is 20.1 Å². The van der Waals surface area contributed by atoms with Gasteiger partial charge in [-0.05, 0) is 87.1 Å². The minimum Gasteiger partial charge on any atom is -0.766 e. The topological polar surface area (TPSA) is 269 Å². The molecular formula is C35H71N10O6P2S7+. The predicted octanol–water partition coefficient (Wildman–Crippen LogP) is 0.948. The summed E-state index contributed by atoms with van der Waals surface area (Å²) >= 11 is 9.52. The molecule has 0 saturated heterocycles. The van der Waals surface area contributed by atoms with E-state index in [4.69, 9.17) is 17.2 Å². The van der Waals surface area contributed by atoms with Gasteiger partial charge in [0.1, 0.15) is 5.03 Å². The minimum atomic E-state index is -3.81. The molecule has 2 aromatic rings. The Morgan fingerprint density at radius 3 is 1.50 bits per heavy atom. The largest absolute Gasteiger partial charge is 0.766 e. The molecule has 0 radical (unpaired) electrons. The summed E-state index contributed by atoms with van der Waals surface area (Å²) in [7, 11) is 1.61. The smallest absolute Gasteiger partial charge is 0.240 e. The fourth-order valence-corrected chi connectivity index (χ4v) is 9.45. The van der Waals surface area contributed by atoms with Crippen molar-refractivity contribution in [1.29, 1.82) is 0 Å². The number of nitrogens with one attached hydrogen (secondary N) is 5. The van der Waals surface area contributed by atoms with Gasteiger partial charge >= 0.3 is 0 Å². The van der Waals surface area contributed by atoms with Crippen LogP contribution in [0, 0.1) is 0 Å². The lowest BCUT2D eigenvalue weighted by atomic mass is 10.3. The van der Waals surface area contributed by atoms with E-state index in [1.54, 1.807) is 50.3 Å². The Morgan fingerprint density at radius 2 is 1.12 bits per heavy atom. The Hall–Kier alpha value is -0.620. The molecule has 60 heavy (non-hydrogen) atoms. The summed E-state index contributed by atoms with van der Waals surface area (Å²) in [5.41, 5.74) is 17.0. The molecule has 0 saturated carbocycles. The Balaban J connectivity index is -0.000000705. The first-order valence-electron chi connectivity index (χ1n) is 19.1. The lowest BCUT2D eigenvalue weighted by Gasteiger charge is -2.21. The number of hydrogen-bond acceptors (Lipinski definition) is 15. The van der Waals surface area contributed by atoms with Crippen LogP contribution in [0.5, 0.6) is 0 Å². The van der Waals surface area contributed by atoms with Crippen LogP contribution < -0.4 is 52.1 Å². The number of hydrogen-bond donors (Lipinski definition) is 10. The Morgan fingerprint density at radius 1 is 0.683 bits per heavy atom. The highest BCUT2D eigenvalue weighted by Crippen LogP contribution is 2.31. The molecule has 0 amide bonds. The Bertz CT molecular complexity index is 1450. The van der Waals surface area contributed by atoms with E-state index in [0.29, 0.717) is 24.6 Å². The van der Waals surface area contributed by atoms with E-state index in [2.05, 4.69) is 76.3 Å². The van der Waals surface area contributed by atoms with Gasteiger partial charge in [0, 0.05) is 82.0 Å². The Kier molecular flexibility index (Phi) is 49.2. The zero-order valence-electron chi connectivity index (χ0n) is 35.8. The van der Waals surface area contributed by atoms with Gasteiger partial charge in [0.15, 0.2) is 0 Å². The highest BCUT2D eigenvalue weighted by Gasteiger charge is 2.04.